The molecule has 7 heteroatoms. The molecule has 0 atom stereocenters. The van der Waals surface area contributed by atoms with E-state index in [0.717, 1.165) is 11.1 Å². The second kappa shape index (κ2) is 6.94. The Balaban J connectivity index is 1.80. The van der Waals surface area contributed by atoms with Gasteiger partial charge >= 0.3 is 0 Å². The largest absolute Gasteiger partial charge is 0.493 e. The second-order valence-corrected chi connectivity index (χ2v) is 6.07. The van der Waals surface area contributed by atoms with Crippen molar-refractivity contribution in [2.45, 2.75) is 13.3 Å². The third kappa shape index (κ3) is 3.49. The van der Waals surface area contributed by atoms with Crippen molar-refractivity contribution in [2.75, 3.05) is 6.54 Å². The zero-order valence-electron chi connectivity index (χ0n) is 13.5. The van der Waals surface area contributed by atoms with Crippen molar-refractivity contribution in [3.8, 4) is 5.88 Å². The number of nitrogens with one attached hydrogen (secondary N) is 1. The Morgan fingerprint density at radius 2 is 2.00 bits per heavy atom. The standard InChI is InChI=1S/C18H16ClN3O3/c1-11-3-2-10-22-15(11)21-17(24)14(18(22)25)16(23)20-9-8-12-4-6-13(19)7-5-12/h2-7,10,24H,8-9H2,1H3,(H,20,23). The number of carbonyl (C=O) groups excluding carboxylic acids is 1. The number of carbonyl (C=O) groups is 1. The molecule has 2 aromatic heterocycles. The second-order valence-electron chi connectivity index (χ2n) is 5.63. The summed E-state index contributed by atoms with van der Waals surface area (Å²) in [6.45, 7) is 2.09. The number of hydrogen-bond donors (Lipinski definition) is 2. The minimum absolute atomic E-state index is 0.315. The number of benzene rings is 1. The highest BCUT2D eigenvalue weighted by Crippen LogP contribution is 2.14. The molecule has 0 saturated carbocycles. The van der Waals surface area contributed by atoms with Gasteiger partial charge in [-0.05, 0) is 42.7 Å². The lowest BCUT2D eigenvalue weighted by Crippen LogP contribution is -2.33. The first-order valence-corrected chi connectivity index (χ1v) is 8.09. The quantitative estimate of drug-likeness (QED) is 0.750. The van der Waals surface area contributed by atoms with E-state index in [1.807, 2.05) is 12.1 Å². The molecule has 1 amide bonds. The lowest BCUT2D eigenvalue weighted by molar-refractivity contribution is 0.0949. The minimum Gasteiger partial charge on any atom is -0.493 e. The van der Waals surface area contributed by atoms with Gasteiger partial charge < -0.3 is 10.4 Å². The summed E-state index contributed by atoms with van der Waals surface area (Å²) in [5.41, 5.74) is 1.08. The number of rotatable bonds is 4. The molecular formula is C18H16ClN3O3. The zero-order chi connectivity index (χ0) is 18.0. The summed E-state index contributed by atoms with van der Waals surface area (Å²) < 4.78 is 1.25. The first-order valence-electron chi connectivity index (χ1n) is 7.71. The zero-order valence-corrected chi connectivity index (χ0v) is 14.2. The van der Waals surface area contributed by atoms with Gasteiger partial charge in [-0.2, -0.15) is 4.98 Å². The predicted octanol–water partition coefficient (Wildman–Crippen LogP) is 2.33. The maximum Gasteiger partial charge on any atom is 0.274 e. The molecule has 0 aliphatic heterocycles. The number of aromatic nitrogens is 2. The van der Waals surface area contributed by atoms with E-state index in [9.17, 15) is 14.7 Å². The van der Waals surface area contributed by atoms with Gasteiger partial charge in [0.2, 0.25) is 5.88 Å². The van der Waals surface area contributed by atoms with Gasteiger partial charge in [-0.15, -0.1) is 0 Å². The Labute approximate surface area is 148 Å². The van der Waals surface area contributed by atoms with Crippen molar-refractivity contribution in [1.82, 2.24) is 14.7 Å². The molecule has 3 rings (SSSR count). The molecule has 0 unspecified atom stereocenters. The molecule has 0 radical (unpaired) electrons. The van der Waals surface area contributed by atoms with E-state index in [0.29, 0.717) is 23.6 Å². The van der Waals surface area contributed by atoms with Crippen molar-refractivity contribution >= 4 is 23.2 Å². The number of hydrogen-bond acceptors (Lipinski definition) is 4. The van der Waals surface area contributed by atoms with Crippen LogP contribution in [0.15, 0.2) is 47.4 Å². The molecule has 0 saturated heterocycles. The van der Waals surface area contributed by atoms with E-state index < -0.39 is 17.3 Å². The van der Waals surface area contributed by atoms with Crippen LogP contribution in [0.25, 0.3) is 5.65 Å². The first-order chi connectivity index (χ1) is 12.0. The molecular weight excluding hydrogens is 342 g/mol. The van der Waals surface area contributed by atoms with Gasteiger partial charge in [-0.25, -0.2) is 0 Å². The highest BCUT2D eigenvalue weighted by atomic mass is 35.5. The van der Waals surface area contributed by atoms with Crippen LogP contribution in [0.1, 0.15) is 21.5 Å². The Kier molecular flexibility index (Phi) is 4.72. The summed E-state index contributed by atoms with van der Waals surface area (Å²) in [7, 11) is 0. The van der Waals surface area contributed by atoms with Crippen molar-refractivity contribution in [1.29, 1.82) is 0 Å². The van der Waals surface area contributed by atoms with Crippen LogP contribution < -0.4 is 10.9 Å². The third-order valence-electron chi connectivity index (χ3n) is 3.87. The number of fused-ring (bicyclic) bond motifs is 1. The Morgan fingerprint density at radius 3 is 2.72 bits per heavy atom. The van der Waals surface area contributed by atoms with Gasteiger partial charge in [0, 0.05) is 17.8 Å². The molecule has 6 nitrogen and oxygen atoms in total. The number of halogens is 1. The fourth-order valence-corrected chi connectivity index (χ4v) is 2.67. The van der Waals surface area contributed by atoms with E-state index in [1.54, 1.807) is 31.2 Å². The van der Waals surface area contributed by atoms with Gasteiger partial charge in [0.05, 0.1) is 0 Å². The van der Waals surface area contributed by atoms with E-state index in [4.69, 9.17) is 11.6 Å². The Hall–Kier alpha value is -2.86. The van der Waals surface area contributed by atoms with Crippen LogP contribution in [0.5, 0.6) is 5.88 Å². The lowest BCUT2D eigenvalue weighted by Gasteiger charge is -2.09. The molecule has 0 aliphatic rings. The minimum atomic E-state index is -0.653. The van der Waals surface area contributed by atoms with Crippen molar-refractivity contribution in [3.05, 3.63) is 74.7 Å². The average molecular weight is 358 g/mol. The molecule has 2 N–H and O–H groups in total. The summed E-state index contributed by atoms with van der Waals surface area (Å²) in [4.78, 5) is 28.8. The van der Waals surface area contributed by atoms with Crippen molar-refractivity contribution < 1.29 is 9.90 Å². The number of aryl methyl sites for hydroxylation is 1. The van der Waals surface area contributed by atoms with Crippen LogP contribution in [-0.4, -0.2) is 26.9 Å². The Morgan fingerprint density at radius 1 is 1.28 bits per heavy atom. The summed E-state index contributed by atoms with van der Waals surface area (Å²) in [5, 5.41) is 13.3. The van der Waals surface area contributed by atoms with E-state index >= 15 is 0 Å². The molecule has 25 heavy (non-hydrogen) atoms. The van der Waals surface area contributed by atoms with Crippen LogP contribution in [0, 0.1) is 6.92 Å². The fourth-order valence-electron chi connectivity index (χ4n) is 2.55. The van der Waals surface area contributed by atoms with Crippen molar-refractivity contribution in [2.24, 2.45) is 0 Å². The van der Waals surface area contributed by atoms with Crippen LogP contribution in [0.3, 0.4) is 0 Å². The first kappa shape index (κ1) is 17.0. The van der Waals surface area contributed by atoms with Gasteiger partial charge in [-0.1, -0.05) is 29.8 Å². The van der Waals surface area contributed by atoms with Gasteiger partial charge in [0.25, 0.3) is 11.5 Å². The summed E-state index contributed by atoms with van der Waals surface area (Å²) in [6.07, 6.45) is 2.09. The van der Waals surface area contributed by atoms with Crippen LogP contribution in [-0.2, 0) is 6.42 Å². The summed E-state index contributed by atoms with van der Waals surface area (Å²) in [6, 6.07) is 10.7. The number of pyridine rings is 1. The highest BCUT2D eigenvalue weighted by molar-refractivity contribution is 6.30. The molecule has 1 aromatic carbocycles. The van der Waals surface area contributed by atoms with E-state index in [-0.39, 0.29) is 5.56 Å². The van der Waals surface area contributed by atoms with Crippen LogP contribution in [0.2, 0.25) is 5.02 Å². The smallest absolute Gasteiger partial charge is 0.274 e. The molecule has 0 aliphatic carbocycles. The van der Waals surface area contributed by atoms with Gasteiger partial charge in [-0.3, -0.25) is 14.0 Å². The van der Waals surface area contributed by atoms with E-state index in [2.05, 4.69) is 10.3 Å². The van der Waals surface area contributed by atoms with Crippen LogP contribution >= 0.6 is 11.6 Å². The normalized spacial score (nSPS) is 10.8. The summed E-state index contributed by atoms with van der Waals surface area (Å²) in [5.74, 6) is -1.22. The maximum atomic E-state index is 12.5. The number of amides is 1. The maximum absolute atomic E-state index is 12.5. The Bertz CT molecular complexity index is 997. The fraction of sp³-hybridized carbons (Fsp3) is 0.167. The van der Waals surface area contributed by atoms with Gasteiger partial charge in [0.1, 0.15) is 5.65 Å². The van der Waals surface area contributed by atoms with Gasteiger partial charge in [0.15, 0.2) is 5.56 Å². The molecule has 0 bridgehead atoms. The topological polar surface area (TPSA) is 83.7 Å². The van der Waals surface area contributed by atoms with Crippen LogP contribution in [0.4, 0.5) is 0 Å². The lowest BCUT2D eigenvalue weighted by atomic mass is 10.1. The number of nitrogens with zero attached hydrogens (tertiary/aromatic N) is 2. The SMILES string of the molecule is Cc1cccn2c(=O)c(C(=O)NCCc3ccc(Cl)cc3)c(O)nc12. The van der Waals surface area contributed by atoms with E-state index in [1.165, 1.54) is 10.6 Å². The molecule has 0 spiro atoms. The molecule has 2 heterocycles. The molecule has 128 valence electrons. The molecule has 0 fully saturated rings. The highest BCUT2D eigenvalue weighted by Gasteiger charge is 2.19. The third-order valence-corrected chi connectivity index (χ3v) is 4.12. The molecule has 3 aromatic rings. The monoisotopic (exact) mass is 357 g/mol. The van der Waals surface area contributed by atoms with Crippen molar-refractivity contribution in [3.63, 3.8) is 0 Å². The number of aromatic hydroxyl groups is 1. The average Bonchev–Trinajstić information content (AvgIpc) is 2.58. The summed E-state index contributed by atoms with van der Waals surface area (Å²) >= 11 is 5.83. The predicted molar refractivity (Wildman–Crippen MR) is 95.4 cm³/mol.